The molecule has 0 saturated heterocycles. The number of nitrogens with zero attached hydrogens (tertiary/aromatic N) is 1. The number of hydrogen-bond acceptors (Lipinski definition) is 6. The summed E-state index contributed by atoms with van der Waals surface area (Å²) in [6.07, 6.45) is 0.140. The van der Waals surface area contributed by atoms with E-state index >= 15 is 0 Å². The number of rotatable bonds is 7. The van der Waals surface area contributed by atoms with Gasteiger partial charge in [0.15, 0.2) is 6.61 Å². The minimum Gasteiger partial charge on any atom is -0.482 e. The molecule has 2 amide bonds. The highest BCUT2D eigenvalue weighted by molar-refractivity contribution is 7.89. The molecule has 10 nitrogen and oxygen atoms in total. The van der Waals surface area contributed by atoms with Crippen LogP contribution in [0.4, 0.5) is 5.69 Å². The van der Waals surface area contributed by atoms with Gasteiger partial charge in [0.1, 0.15) is 12.3 Å². The van der Waals surface area contributed by atoms with Gasteiger partial charge in [0.2, 0.25) is 5.91 Å². The van der Waals surface area contributed by atoms with Crippen LogP contribution in [0.5, 0.6) is 5.75 Å². The first-order chi connectivity index (χ1) is 12.1. The molecule has 11 heteroatoms. The highest BCUT2D eigenvalue weighted by atomic mass is 32.2. The molecule has 0 fully saturated rings. The lowest BCUT2D eigenvalue weighted by Gasteiger charge is -2.28. The first kappa shape index (κ1) is 19.7. The van der Waals surface area contributed by atoms with Gasteiger partial charge in [-0.2, -0.15) is 0 Å². The van der Waals surface area contributed by atoms with Crippen LogP contribution < -0.4 is 19.9 Å². The molecule has 1 heterocycles. The summed E-state index contributed by atoms with van der Waals surface area (Å²) in [5.41, 5.74) is 2.13. The molecule has 1 aliphatic rings. The number of anilines is 1. The van der Waals surface area contributed by atoms with E-state index in [2.05, 4.69) is 5.43 Å². The Kier molecular flexibility index (Phi) is 5.83. The third kappa shape index (κ3) is 4.70. The second-order valence-corrected chi connectivity index (χ2v) is 7.73. The number of aliphatic carboxylic acids is 1. The maximum Gasteiger partial charge on any atom is 0.323 e. The van der Waals surface area contributed by atoms with Crippen LogP contribution in [0, 0.1) is 5.92 Å². The second-order valence-electron chi connectivity index (χ2n) is 6.04. The maximum atomic E-state index is 12.3. The molecule has 0 bridgehead atoms. The van der Waals surface area contributed by atoms with Gasteiger partial charge < -0.3 is 9.84 Å². The summed E-state index contributed by atoms with van der Waals surface area (Å²) in [4.78, 5) is 37.1. The molecule has 1 aromatic carbocycles. The predicted molar refractivity (Wildman–Crippen MR) is 89.8 cm³/mol. The third-order valence-corrected chi connectivity index (χ3v) is 4.64. The number of amides is 2. The summed E-state index contributed by atoms with van der Waals surface area (Å²) in [6, 6.07) is 3.66. The lowest BCUT2D eigenvalue weighted by atomic mass is 10.1. The Hall–Kier alpha value is -2.66. The van der Waals surface area contributed by atoms with Gasteiger partial charge in [-0.05, 0) is 24.1 Å². The van der Waals surface area contributed by atoms with Crippen molar-refractivity contribution in [2.75, 3.05) is 18.1 Å². The predicted octanol–water partition coefficient (Wildman–Crippen LogP) is -0.148. The molecule has 1 aromatic rings. The van der Waals surface area contributed by atoms with Gasteiger partial charge in [-0.25, -0.2) is 8.42 Å². The van der Waals surface area contributed by atoms with Gasteiger partial charge in [0.05, 0.1) is 10.6 Å². The number of carbonyl (C=O) groups excluding carboxylic acids is 2. The molecule has 0 radical (unpaired) electrons. The molecule has 0 aromatic heterocycles. The fourth-order valence-corrected chi connectivity index (χ4v) is 3.14. The number of benzene rings is 1. The fraction of sp³-hybridized carbons (Fsp3) is 0.400. The molecule has 1 aliphatic heterocycles. The summed E-state index contributed by atoms with van der Waals surface area (Å²) in [5.74, 6) is -2.11. The van der Waals surface area contributed by atoms with Crippen LogP contribution in [0.3, 0.4) is 0 Å². The van der Waals surface area contributed by atoms with Gasteiger partial charge in [0, 0.05) is 6.42 Å². The largest absolute Gasteiger partial charge is 0.482 e. The summed E-state index contributed by atoms with van der Waals surface area (Å²) in [7, 11) is -4.12. The van der Waals surface area contributed by atoms with Gasteiger partial charge in [-0.15, -0.1) is 4.83 Å². The zero-order valence-electron chi connectivity index (χ0n) is 14.2. The Morgan fingerprint density at radius 1 is 1.35 bits per heavy atom. The van der Waals surface area contributed by atoms with Crippen LogP contribution in [0.2, 0.25) is 0 Å². The quantitative estimate of drug-likeness (QED) is 0.554. The van der Waals surface area contributed by atoms with Crippen molar-refractivity contribution in [1.82, 2.24) is 10.3 Å². The molecular formula is C15H19N3O7S. The van der Waals surface area contributed by atoms with Crippen molar-refractivity contribution in [3.8, 4) is 5.75 Å². The number of carbonyl (C=O) groups is 3. The molecule has 0 saturated carbocycles. The van der Waals surface area contributed by atoms with Gasteiger partial charge >= 0.3 is 5.97 Å². The number of hydrogen-bond donors (Lipinski definition) is 3. The van der Waals surface area contributed by atoms with E-state index in [4.69, 9.17) is 9.84 Å². The molecule has 3 N–H and O–H groups in total. The van der Waals surface area contributed by atoms with E-state index in [1.165, 1.54) is 12.1 Å². The second kappa shape index (κ2) is 7.70. The van der Waals surface area contributed by atoms with Crippen molar-refractivity contribution < 1.29 is 32.6 Å². The smallest absolute Gasteiger partial charge is 0.323 e. The van der Waals surface area contributed by atoms with Crippen LogP contribution in [-0.4, -0.2) is 44.5 Å². The highest BCUT2D eigenvalue weighted by Gasteiger charge is 2.29. The first-order valence-corrected chi connectivity index (χ1v) is 9.18. The number of nitrogens with one attached hydrogen (secondary N) is 2. The lowest BCUT2D eigenvalue weighted by Crippen LogP contribution is -2.43. The number of carboxylic acids is 1. The highest BCUT2D eigenvalue weighted by Crippen LogP contribution is 2.34. The zero-order chi connectivity index (χ0) is 19.5. The van der Waals surface area contributed by atoms with Gasteiger partial charge in [0.25, 0.3) is 15.9 Å². The molecule has 26 heavy (non-hydrogen) atoms. The monoisotopic (exact) mass is 385 g/mol. The van der Waals surface area contributed by atoms with E-state index < -0.39 is 34.4 Å². The van der Waals surface area contributed by atoms with Gasteiger partial charge in [-0.3, -0.25) is 24.7 Å². The Morgan fingerprint density at radius 3 is 2.65 bits per heavy atom. The number of ether oxygens (including phenoxy) is 1. The van der Waals surface area contributed by atoms with E-state index in [1.807, 2.05) is 18.7 Å². The van der Waals surface area contributed by atoms with Crippen molar-refractivity contribution in [3.63, 3.8) is 0 Å². The van der Waals surface area contributed by atoms with E-state index in [-0.39, 0.29) is 35.3 Å². The first-order valence-electron chi connectivity index (χ1n) is 7.70. The Bertz CT molecular complexity index is 836. The molecule has 0 unspecified atom stereocenters. The van der Waals surface area contributed by atoms with Crippen LogP contribution >= 0.6 is 0 Å². The SMILES string of the molecule is CC(C)CC(=O)NNS(=O)(=O)c1ccc2c(c1)N(CC(=O)O)C(=O)CO2. The molecule has 0 aliphatic carbocycles. The van der Waals surface area contributed by atoms with E-state index in [9.17, 15) is 22.8 Å². The minimum absolute atomic E-state index is 0.0278. The standard InChI is InChI=1S/C15H19N3O7S/c1-9(2)5-13(19)16-17-26(23,24)10-3-4-12-11(6-10)18(7-15(21)22)14(20)8-25-12/h3-4,6,9,17H,5,7-8H2,1-2H3,(H,16,19)(H,21,22). The number of carboxylic acid groups (broad SMARTS) is 1. The van der Waals surface area contributed by atoms with Crippen molar-refractivity contribution in [3.05, 3.63) is 18.2 Å². The average Bonchev–Trinajstić information content (AvgIpc) is 2.54. The number of sulfonamides is 1. The molecular weight excluding hydrogens is 366 g/mol. The van der Waals surface area contributed by atoms with Crippen molar-refractivity contribution in [1.29, 1.82) is 0 Å². The average molecular weight is 385 g/mol. The van der Waals surface area contributed by atoms with Crippen LogP contribution in [0.1, 0.15) is 20.3 Å². The summed E-state index contributed by atoms with van der Waals surface area (Å²) >= 11 is 0. The topological polar surface area (TPSA) is 142 Å². The van der Waals surface area contributed by atoms with Crippen molar-refractivity contribution >= 4 is 33.5 Å². The molecule has 2 rings (SSSR count). The maximum absolute atomic E-state index is 12.3. The lowest BCUT2D eigenvalue weighted by molar-refractivity contribution is -0.137. The van der Waals surface area contributed by atoms with Crippen LogP contribution in [0.15, 0.2) is 23.1 Å². The number of hydrazine groups is 1. The van der Waals surface area contributed by atoms with Crippen molar-refractivity contribution in [2.24, 2.45) is 5.92 Å². The summed E-state index contributed by atoms with van der Waals surface area (Å²) in [5, 5.41) is 8.94. The Balaban J connectivity index is 2.25. The van der Waals surface area contributed by atoms with E-state index in [0.717, 1.165) is 11.0 Å². The van der Waals surface area contributed by atoms with Crippen LogP contribution in [-0.2, 0) is 24.4 Å². The number of fused-ring (bicyclic) bond motifs is 1. The van der Waals surface area contributed by atoms with E-state index in [1.54, 1.807) is 0 Å². The summed E-state index contributed by atoms with van der Waals surface area (Å²) in [6.45, 7) is 2.66. The summed E-state index contributed by atoms with van der Waals surface area (Å²) < 4.78 is 29.9. The third-order valence-electron chi connectivity index (χ3n) is 3.40. The Labute approximate surface area is 150 Å². The van der Waals surface area contributed by atoms with Gasteiger partial charge in [-0.1, -0.05) is 13.8 Å². The fourth-order valence-electron chi connectivity index (χ4n) is 2.26. The molecule has 142 valence electrons. The normalized spacial score (nSPS) is 14.0. The van der Waals surface area contributed by atoms with Crippen molar-refractivity contribution in [2.45, 2.75) is 25.2 Å². The van der Waals surface area contributed by atoms with E-state index in [0.29, 0.717) is 0 Å². The molecule has 0 spiro atoms. The Morgan fingerprint density at radius 2 is 2.04 bits per heavy atom. The minimum atomic E-state index is -4.12. The van der Waals surface area contributed by atoms with Crippen LogP contribution in [0.25, 0.3) is 0 Å². The molecule has 0 atom stereocenters. The zero-order valence-corrected chi connectivity index (χ0v) is 15.0.